The van der Waals surface area contributed by atoms with E-state index in [1.807, 2.05) is 58.0 Å². The largest absolute Gasteiger partial charge is 0.350 e. The van der Waals surface area contributed by atoms with E-state index in [9.17, 15) is 22.4 Å². The van der Waals surface area contributed by atoms with Crippen molar-refractivity contribution in [2.45, 2.75) is 57.1 Å². The summed E-state index contributed by atoms with van der Waals surface area (Å²) in [5, 5.41) is 3.51. The lowest BCUT2D eigenvalue weighted by atomic mass is 10.0. The van der Waals surface area contributed by atoms with Crippen LogP contribution in [0.5, 0.6) is 0 Å². The topological polar surface area (TPSA) is 86.8 Å². The van der Waals surface area contributed by atoms with Gasteiger partial charge in [0.25, 0.3) is 10.0 Å². The monoisotopic (exact) mass is 649 g/mol. The maximum absolute atomic E-state index is 14.5. The van der Waals surface area contributed by atoms with Crippen molar-refractivity contribution < 1.29 is 22.4 Å². The Hall–Kier alpha value is -4.21. The van der Waals surface area contributed by atoms with E-state index in [1.165, 1.54) is 4.90 Å². The number of nitrogens with one attached hydrogen (secondary N) is 1. The fraction of sp³-hybridized carbons (Fsp3) is 0.257. The number of halogens is 2. The van der Waals surface area contributed by atoms with Gasteiger partial charge in [0.1, 0.15) is 18.4 Å². The summed E-state index contributed by atoms with van der Waals surface area (Å²) in [4.78, 5) is 29.6. The van der Waals surface area contributed by atoms with Crippen molar-refractivity contribution in [1.29, 1.82) is 0 Å². The van der Waals surface area contributed by atoms with Crippen molar-refractivity contribution in [2.75, 3.05) is 10.8 Å². The van der Waals surface area contributed by atoms with Crippen LogP contribution in [-0.4, -0.2) is 43.3 Å². The molecule has 0 heterocycles. The smallest absolute Gasteiger partial charge is 0.264 e. The van der Waals surface area contributed by atoms with Crippen LogP contribution in [0, 0.1) is 12.7 Å². The van der Waals surface area contributed by atoms with Gasteiger partial charge >= 0.3 is 0 Å². The molecule has 1 unspecified atom stereocenters. The summed E-state index contributed by atoms with van der Waals surface area (Å²) in [5.41, 5.74) is 2.09. The summed E-state index contributed by atoms with van der Waals surface area (Å²) in [5.74, 6) is -1.56. The molecule has 4 rings (SSSR count). The number of hydrogen-bond acceptors (Lipinski definition) is 4. The molecule has 0 saturated heterocycles. The number of carbonyl (C=O) groups excluding carboxylic acids is 2. The Morgan fingerprint density at radius 2 is 1.44 bits per heavy atom. The summed E-state index contributed by atoms with van der Waals surface area (Å²) < 4.78 is 42.7. The van der Waals surface area contributed by atoms with Crippen LogP contribution in [0.1, 0.15) is 37.5 Å². The lowest BCUT2D eigenvalue weighted by Crippen LogP contribution is -2.56. The molecule has 0 aromatic heterocycles. The first-order valence-corrected chi connectivity index (χ1v) is 16.3. The standard InChI is InChI=1S/C35H37ClFN3O4S/c1-25-10-18-30(19-11-25)40(45(43,44)31-20-16-29(37)17-21-31)24-33(41)39(23-27-12-14-28(36)15-13-27)32(34(42)38-35(2,3)4)22-26-8-6-5-7-9-26/h5-21,32H,22-24H2,1-4H3,(H,38,42). The zero-order chi connectivity index (χ0) is 32.8. The Bertz CT molecular complexity index is 1710. The Morgan fingerprint density at radius 3 is 2.02 bits per heavy atom. The van der Waals surface area contributed by atoms with Crippen LogP contribution < -0.4 is 9.62 Å². The first-order valence-electron chi connectivity index (χ1n) is 14.5. The average Bonchev–Trinajstić information content (AvgIpc) is 2.99. The van der Waals surface area contributed by atoms with E-state index in [-0.39, 0.29) is 29.5 Å². The van der Waals surface area contributed by atoms with E-state index in [4.69, 9.17) is 11.6 Å². The van der Waals surface area contributed by atoms with Gasteiger partial charge in [-0.25, -0.2) is 12.8 Å². The lowest BCUT2D eigenvalue weighted by Gasteiger charge is -2.35. The molecule has 236 valence electrons. The molecule has 4 aromatic rings. The second-order valence-electron chi connectivity index (χ2n) is 11.9. The van der Waals surface area contributed by atoms with E-state index in [2.05, 4.69) is 5.32 Å². The number of anilines is 1. The van der Waals surface area contributed by atoms with Gasteiger partial charge in [-0.2, -0.15) is 0 Å². The van der Waals surface area contributed by atoms with Gasteiger partial charge in [0.2, 0.25) is 11.8 Å². The van der Waals surface area contributed by atoms with Gasteiger partial charge < -0.3 is 10.2 Å². The van der Waals surface area contributed by atoms with Gasteiger partial charge in [0.15, 0.2) is 0 Å². The molecule has 0 aliphatic carbocycles. The lowest BCUT2D eigenvalue weighted by molar-refractivity contribution is -0.140. The first kappa shape index (κ1) is 33.7. The number of aryl methyl sites for hydroxylation is 1. The van der Waals surface area contributed by atoms with Crippen LogP contribution in [0.15, 0.2) is 108 Å². The molecule has 0 saturated carbocycles. The minimum Gasteiger partial charge on any atom is -0.350 e. The van der Waals surface area contributed by atoms with E-state index in [0.717, 1.165) is 39.7 Å². The normalized spacial score (nSPS) is 12.3. The zero-order valence-corrected chi connectivity index (χ0v) is 27.3. The molecule has 0 aliphatic heterocycles. The number of benzene rings is 4. The van der Waals surface area contributed by atoms with E-state index in [1.54, 1.807) is 48.5 Å². The predicted octanol–water partition coefficient (Wildman–Crippen LogP) is 6.54. The summed E-state index contributed by atoms with van der Waals surface area (Å²) >= 11 is 6.13. The third-order valence-corrected chi connectivity index (χ3v) is 9.08. The number of nitrogens with zero attached hydrogens (tertiary/aromatic N) is 2. The third kappa shape index (κ3) is 9.15. The van der Waals surface area contributed by atoms with Crippen molar-refractivity contribution in [1.82, 2.24) is 10.2 Å². The Balaban J connectivity index is 1.81. The minimum absolute atomic E-state index is 0.0173. The quantitative estimate of drug-likeness (QED) is 0.200. The Morgan fingerprint density at radius 1 is 0.844 bits per heavy atom. The maximum atomic E-state index is 14.5. The molecule has 0 fully saturated rings. The first-order chi connectivity index (χ1) is 21.2. The summed E-state index contributed by atoms with van der Waals surface area (Å²) in [6.45, 7) is 6.83. The van der Waals surface area contributed by atoms with Crippen molar-refractivity contribution in [3.63, 3.8) is 0 Å². The highest BCUT2D eigenvalue weighted by Crippen LogP contribution is 2.26. The highest BCUT2D eigenvalue weighted by atomic mass is 35.5. The fourth-order valence-corrected chi connectivity index (χ4v) is 6.31. The summed E-state index contributed by atoms with van der Waals surface area (Å²) in [6.07, 6.45) is 0.192. The van der Waals surface area contributed by atoms with E-state index >= 15 is 0 Å². The SMILES string of the molecule is Cc1ccc(N(CC(=O)N(Cc2ccc(Cl)cc2)C(Cc2ccccc2)C(=O)NC(C)(C)C)S(=O)(=O)c2ccc(F)cc2)cc1. The van der Waals surface area contributed by atoms with Gasteiger partial charge in [-0.15, -0.1) is 0 Å². The van der Waals surface area contributed by atoms with E-state index < -0.39 is 39.9 Å². The summed E-state index contributed by atoms with van der Waals surface area (Å²) in [6, 6.07) is 26.4. The predicted molar refractivity (Wildman–Crippen MR) is 176 cm³/mol. The van der Waals surface area contributed by atoms with Gasteiger partial charge in [-0.1, -0.05) is 71.8 Å². The van der Waals surface area contributed by atoms with Crippen molar-refractivity contribution >= 4 is 39.1 Å². The molecule has 7 nitrogen and oxygen atoms in total. The van der Waals surface area contributed by atoms with Crippen molar-refractivity contribution in [2.24, 2.45) is 0 Å². The molecule has 2 amide bonds. The van der Waals surface area contributed by atoms with Gasteiger partial charge in [-0.05, 0) is 87.4 Å². The highest BCUT2D eigenvalue weighted by molar-refractivity contribution is 7.92. The van der Waals surface area contributed by atoms with Crippen LogP contribution >= 0.6 is 11.6 Å². The van der Waals surface area contributed by atoms with Crippen molar-refractivity contribution in [3.8, 4) is 0 Å². The number of sulfonamides is 1. The second kappa shape index (κ2) is 14.3. The van der Waals surface area contributed by atoms with Gasteiger partial charge in [0.05, 0.1) is 10.6 Å². The van der Waals surface area contributed by atoms with Crippen LogP contribution in [0.2, 0.25) is 5.02 Å². The summed E-state index contributed by atoms with van der Waals surface area (Å²) in [7, 11) is -4.32. The molecule has 0 spiro atoms. The minimum atomic E-state index is -4.32. The van der Waals surface area contributed by atoms with Crippen LogP contribution in [-0.2, 0) is 32.6 Å². The molecule has 0 radical (unpaired) electrons. The van der Waals surface area contributed by atoms with Gasteiger partial charge in [-0.3, -0.25) is 13.9 Å². The third-order valence-electron chi connectivity index (χ3n) is 7.04. The number of amides is 2. The highest BCUT2D eigenvalue weighted by Gasteiger charge is 2.35. The molecule has 0 bridgehead atoms. The van der Waals surface area contributed by atoms with E-state index in [0.29, 0.717) is 10.6 Å². The van der Waals surface area contributed by atoms with Crippen LogP contribution in [0.4, 0.5) is 10.1 Å². The molecular formula is C35H37ClFN3O4S. The average molecular weight is 650 g/mol. The Labute approximate surface area is 269 Å². The zero-order valence-electron chi connectivity index (χ0n) is 25.7. The van der Waals surface area contributed by atoms with Crippen LogP contribution in [0.3, 0.4) is 0 Å². The molecule has 45 heavy (non-hydrogen) atoms. The molecule has 4 aromatic carbocycles. The molecular weight excluding hydrogens is 613 g/mol. The number of carbonyl (C=O) groups is 2. The maximum Gasteiger partial charge on any atom is 0.264 e. The van der Waals surface area contributed by atoms with Gasteiger partial charge in [0, 0.05) is 23.5 Å². The second-order valence-corrected chi connectivity index (χ2v) is 14.2. The van der Waals surface area contributed by atoms with Crippen LogP contribution in [0.25, 0.3) is 0 Å². The number of hydrogen-bond donors (Lipinski definition) is 1. The fourth-order valence-electron chi connectivity index (χ4n) is 4.77. The Kier molecular flexibility index (Phi) is 10.7. The molecule has 10 heteroatoms. The molecule has 1 N–H and O–H groups in total. The number of rotatable bonds is 11. The van der Waals surface area contributed by atoms with Crippen molar-refractivity contribution in [3.05, 3.63) is 131 Å². The molecule has 1 atom stereocenters. The molecule has 0 aliphatic rings.